The molecule has 9 heteroatoms. The van der Waals surface area contributed by atoms with E-state index < -0.39 is 29.4 Å². The molecule has 1 fully saturated rings. The van der Waals surface area contributed by atoms with Gasteiger partial charge in [-0.05, 0) is 23.8 Å². The molecule has 0 aliphatic carbocycles. The van der Waals surface area contributed by atoms with Gasteiger partial charge in [0.25, 0.3) is 5.91 Å². The summed E-state index contributed by atoms with van der Waals surface area (Å²) >= 11 is 6.41. The van der Waals surface area contributed by atoms with Gasteiger partial charge in [-0.15, -0.1) is 5.54 Å². The number of methoxy groups -OCH3 is 1. The first kappa shape index (κ1) is 26.4. The number of thioether (sulfide) groups is 1. The molecule has 1 heterocycles. The van der Waals surface area contributed by atoms with Gasteiger partial charge in [0.1, 0.15) is 16.7 Å². The second-order valence-electron chi connectivity index (χ2n) is 11.1. The van der Waals surface area contributed by atoms with Crippen LogP contribution in [0.3, 0.4) is 0 Å². The van der Waals surface area contributed by atoms with Gasteiger partial charge in [0.05, 0.1) is 17.6 Å². The Morgan fingerprint density at radius 2 is 1.55 bits per heavy atom. The van der Waals surface area contributed by atoms with Gasteiger partial charge in [-0.1, -0.05) is 94.9 Å². The summed E-state index contributed by atoms with van der Waals surface area (Å²) in [6, 6.07) is 5.96. The molecule has 1 aromatic carbocycles. The van der Waals surface area contributed by atoms with E-state index in [9.17, 15) is 4.79 Å². The van der Waals surface area contributed by atoms with Crippen molar-refractivity contribution in [3.63, 3.8) is 0 Å². The number of hydrogen-bond acceptors (Lipinski definition) is 4. The van der Waals surface area contributed by atoms with Gasteiger partial charge in [-0.3, -0.25) is 4.79 Å². The fourth-order valence-electron chi connectivity index (χ4n) is 5.58. The maximum absolute atomic E-state index is 12.1. The van der Waals surface area contributed by atoms with E-state index in [4.69, 9.17) is 17.0 Å². The van der Waals surface area contributed by atoms with E-state index in [1.807, 2.05) is 24.3 Å². The summed E-state index contributed by atoms with van der Waals surface area (Å²) in [5.41, 5.74) is 5.90. The van der Waals surface area contributed by atoms with Crippen molar-refractivity contribution in [1.82, 2.24) is 5.32 Å². The quantitative estimate of drug-likeness (QED) is 0.231. The van der Waals surface area contributed by atoms with Gasteiger partial charge < -0.3 is 10.1 Å². The average molecular weight is 522 g/mol. The van der Waals surface area contributed by atoms with Crippen LogP contribution in [0, 0.1) is 11.5 Å². The lowest BCUT2D eigenvalue weighted by atomic mass is 10.1. The third-order valence-corrected chi connectivity index (χ3v) is 76.2. The Hall–Kier alpha value is -0.902. The van der Waals surface area contributed by atoms with E-state index in [1.165, 1.54) is 11.8 Å². The molecule has 1 N–H and O–H groups in total. The standard InChI is InChI=1S/C22H35NO2S2Si4/c1-25-19-12-11-17(16-20-21(24)23-22(26)27-20)15-18(19)13-14-31(28(2,3)4,29(5,6)7)30(8,9)10/h11-12,15-16H,1-10H3,(H,23,24,26)/b20-16-. The molecule has 3 nitrogen and oxygen atoms in total. The number of nitrogens with one attached hydrogen (secondary N) is 1. The first-order valence-electron chi connectivity index (χ1n) is 10.5. The maximum atomic E-state index is 12.1. The molecule has 0 spiro atoms. The molecule has 2 rings (SSSR count). The molecule has 168 valence electrons. The van der Waals surface area contributed by atoms with Crippen molar-refractivity contribution in [2.75, 3.05) is 7.11 Å². The van der Waals surface area contributed by atoms with Crippen molar-refractivity contribution in [3.05, 3.63) is 34.2 Å². The molecule has 0 radical (unpaired) electrons. The number of rotatable bonds is 5. The third-order valence-electron chi connectivity index (χ3n) is 5.92. The minimum absolute atomic E-state index is 0.138. The van der Waals surface area contributed by atoms with Crippen LogP contribution in [-0.4, -0.2) is 46.7 Å². The Bertz CT molecular complexity index is 954. The molecule has 0 atom stereocenters. The second kappa shape index (κ2) is 9.15. The Morgan fingerprint density at radius 1 is 1.00 bits per heavy atom. The molecule has 0 bridgehead atoms. The highest BCUT2D eigenvalue weighted by atomic mass is 32.2. The van der Waals surface area contributed by atoms with Gasteiger partial charge in [0.15, 0.2) is 0 Å². The number of carbonyl (C=O) groups excluding carboxylic acids is 1. The topological polar surface area (TPSA) is 38.3 Å². The van der Waals surface area contributed by atoms with Gasteiger partial charge >= 0.3 is 0 Å². The van der Waals surface area contributed by atoms with E-state index in [1.54, 1.807) is 7.11 Å². The van der Waals surface area contributed by atoms with Gasteiger partial charge in [-0.2, -0.15) is 0 Å². The van der Waals surface area contributed by atoms with Crippen LogP contribution >= 0.6 is 24.0 Å². The normalized spacial score (nSPS) is 16.8. The van der Waals surface area contributed by atoms with Crippen molar-refractivity contribution in [2.45, 2.75) is 58.9 Å². The maximum Gasteiger partial charge on any atom is 0.263 e. The molecule has 0 saturated carbocycles. The summed E-state index contributed by atoms with van der Waals surface area (Å²) < 4.78 is 6.15. The third kappa shape index (κ3) is 5.37. The van der Waals surface area contributed by atoms with Crippen molar-refractivity contribution in [1.29, 1.82) is 0 Å². The highest BCUT2D eigenvalue weighted by Gasteiger charge is 2.61. The smallest absolute Gasteiger partial charge is 0.263 e. The van der Waals surface area contributed by atoms with Gasteiger partial charge in [-0.25, -0.2) is 0 Å². The van der Waals surface area contributed by atoms with Crippen LogP contribution < -0.4 is 10.1 Å². The lowest BCUT2D eigenvalue weighted by Crippen LogP contribution is -2.82. The van der Waals surface area contributed by atoms with Gasteiger partial charge in [0.2, 0.25) is 0 Å². The van der Waals surface area contributed by atoms with E-state index in [0.29, 0.717) is 9.23 Å². The fourth-order valence-corrected chi connectivity index (χ4v) is 99.8. The lowest BCUT2D eigenvalue weighted by molar-refractivity contribution is -0.115. The minimum Gasteiger partial charge on any atom is -0.495 e. The first-order valence-corrected chi connectivity index (χ1v) is 27.2. The molecule has 0 unspecified atom stereocenters. The molecule has 1 aliphatic rings. The van der Waals surface area contributed by atoms with Crippen LogP contribution in [0.5, 0.6) is 5.75 Å². The second-order valence-corrected chi connectivity index (χ2v) is 52.8. The highest BCUT2D eigenvalue weighted by Crippen LogP contribution is 2.37. The number of hydrogen-bond donors (Lipinski definition) is 1. The zero-order chi connectivity index (χ0) is 23.8. The minimum atomic E-state index is -1.79. The number of thiocarbonyl (C=S) groups is 1. The fraction of sp³-hybridized carbons (Fsp3) is 0.455. The van der Waals surface area contributed by atoms with E-state index in [0.717, 1.165) is 16.9 Å². The average Bonchev–Trinajstić information content (AvgIpc) is 2.89. The zero-order valence-corrected chi connectivity index (χ0v) is 26.1. The summed E-state index contributed by atoms with van der Waals surface area (Å²) in [5.74, 6) is 4.29. The van der Waals surface area contributed by atoms with Crippen LogP contribution in [0.15, 0.2) is 23.1 Å². The number of ether oxygens (including phenoxy) is 1. The molecule has 1 amide bonds. The summed E-state index contributed by atoms with van der Waals surface area (Å²) in [7, 11) is -2.76. The van der Waals surface area contributed by atoms with Gasteiger partial charge in [0, 0.05) is 22.8 Å². The molecule has 31 heavy (non-hydrogen) atoms. The summed E-state index contributed by atoms with van der Waals surface area (Å²) in [6.45, 7) is 21.1. The predicted octanol–water partition coefficient (Wildman–Crippen LogP) is 5.77. The lowest BCUT2D eigenvalue weighted by Gasteiger charge is -2.53. The number of carbonyl (C=O) groups is 1. The highest BCUT2D eigenvalue weighted by molar-refractivity contribution is 8.26. The van der Waals surface area contributed by atoms with Crippen LogP contribution in [0.4, 0.5) is 0 Å². The summed E-state index contributed by atoms with van der Waals surface area (Å²) in [5, 5.41) is 2.67. The Morgan fingerprint density at radius 3 is 1.97 bits per heavy atom. The first-order chi connectivity index (χ1) is 14.0. The van der Waals surface area contributed by atoms with Crippen LogP contribution in [0.1, 0.15) is 11.1 Å². The largest absolute Gasteiger partial charge is 0.495 e. The predicted molar refractivity (Wildman–Crippen MR) is 152 cm³/mol. The zero-order valence-electron chi connectivity index (χ0n) is 20.4. The Labute approximate surface area is 201 Å². The molecule has 0 aromatic heterocycles. The van der Waals surface area contributed by atoms with Crippen molar-refractivity contribution >= 4 is 69.7 Å². The summed E-state index contributed by atoms with van der Waals surface area (Å²) in [4.78, 5) is 12.7. The van der Waals surface area contributed by atoms with E-state index in [-0.39, 0.29) is 5.91 Å². The molecule has 1 aromatic rings. The monoisotopic (exact) mass is 521 g/mol. The van der Waals surface area contributed by atoms with Crippen LogP contribution in [0.2, 0.25) is 58.9 Å². The number of amides is 1. The van der Waals surface area contributed by atoms with Crippen LogP contribution in [-0.2, 0) is 4.79 Å². The molecular formula is C22H35NO2S2Si4. The van der Waals surface area contributed by atoms with Crippen molar-refractivity contribution < 1.29 is 9.53 Å². The SMILES string of the molecule is COc1ccc(/C=C2\SC(=S)NC2=O)cc1C#C[Si]([Si](C)(C)C)([Si](C)(C)C)[Si](C)(C)C. The van der Waals surface area contributed by atoms with E-state index in [2.05, 4.69) is 75.7 Å². The Balaban J connectivity index is 2.68. The summed E-state index contributed by atoms with van der Waals surface area (Å²) in [6.07, 6.45) is 1.88. The number of benzene rings is 1. The Kier molecular flexibility index (Phi) is 7.78. The van der Waals surface area contributed by atoms with Crippen molar-refractivity contribution in [3.8, 4) is 17.2 Å². The van der Waals surface area contributed by atoms with Crippen LogP contribution in [0.25, 0.3) is 6.08 Å². The molecule has 1 saturated heterocycles. The molecular weight excluding hydrogens is 487 g/mol. The molecule has 1 aliphatic heterocycles. The van der Waals surface area contributed by atoms with Crippen molar-refractivity contribution in [2.24, 2.45) is 0 Å². The van der Waals surface area contributed by atoms with E-state index >= 15 is 0 Å².